The van der Waals surface area contributed by atoms with Crippen LogP contribution in [0.4, 0.5) is 5.69 Å². The van der Waals surface area contributed by atoms with Crippen molar-refractivity contribution in [3.05, 3.63) is 47.3 Å². The molecular formula is C14H14N4O3. The van der Waals surface area contributed by atoms with Crippen LogP contribution in [0, 0.1) is 0 Å². The molecule has 3 rings (SSSR count). The van der Waals surface area contributed by atoms with E-state index in [-0.39, 0.29) is 12.5 Å². The number of hydrogen-bond acceptors (Lipinski definition) is 4. The third kappa shape index (κ3) is 2.92. The van der Waals surface area contributed by atoms with Gasteiger partial charge in [0, 0.05) is 24.8 Å². The molecule has 2 aromatic rings. The van der Waals surface area contributed by atoms with Gasteiger partial charge in [-0.3, -0.25) is 14.3 Å². The second-order valence-corrected chi connectivity index (χ2v) is 4.86. The normalized spacial score (nSPS) is 13.0. The van der Waals surface area contributed by atoms with Crippen molar-refractivity contribution in [1.82, 2.24) is 15.1 Å². The molecule has 1 aromatic carbocycles. The summed E-state index contributed by atoms with van der Waals surface area (Å²) in [5.41, 5.74) is 3.38. The lowest BCUT2D eigenvalue weighted by Crippen LogP contribution is -2.12. The van der Waals surface area contributed by atoms with E-state index in [9.17, 15) is 9.59 Å². The van der Waals surface area contributed by atoms with Gasteiger partial charge in [0.05, 0.1) is 11.9 Å². The van der Waals surface area contributed by atoms with Crippen molar-refractivity contribution in [3.8, 4) is 0 Å². The number of nitrogens with one attached hydrogen (secondary N) is 2. The van der Waals surface area contributed by atoms with Gasteiger partial charge in [0.15, 0.2) is 0 Å². The molecule has 0 atom stereocenters. The lowest BCUT2D eigenvalue weighted by molar-refractivity contribution is -0.137. The zero-order valence-electron chi connectivity index (χ0n) is 11.2. The standard InChI is InChI=1S/C14H14N4O3/c19-13(20)8-18-7-12(6-16-18)17-14(21)9-1-2-10-4-15-5-11(10)3-9/h1-3,6-7,15H,4-5,8H2,(H,17,21)(H,19,20). The first-order chi connectivity index (χ1) is 10.1. The van der Waals surface area contributed by atoms with Gasteiger partial charge in [-0.1, -0.05) is 6.07 Å². The van der Waals surface area contributed by atoms with Crippen LogP contribution in [-0.2, 0) is 24.4 Å². The number of carboxylic acid groups (broad SMARTS) is 1. The zero-order chi connectivity index (χ0) is 14.8. The number of carbonyl (C=O) groups is 2. The van der Waals surface area contributed by atoms with E-state index >= 15 is 0 Å². The van der Waals surface area contributed by atoms with E-state index in [1.807, 2.05) is 12.1 Å². The van der Waals surface area contributed by atoms with E-state index in [0.29, 0.717) is 11.3 Å². The molecule has 7 heteroatoms. The average Bonchev–Trinajstić information content (AvgIpc) is 3.06. The summed E-state index contributed by atoms with van der Waals surface area (Å²) in [7, 11) is 0. The number of carbonyl (C=O) groups excluding carboxylic acids is 1. The summed E-state index contributed by atoms with van der Waals surface area (Å²) in [6.45, 7) is 1.37. The molecule has 108 valence electrons. The summed E-state index contributed by atoms with van der Waals surface area (Å²) in [5.74, 6) is -1.22. The Balaban J connectivity index is 1.71. The third-order valence-electron chi connectivity index (χ3n) is 3.29. The summed E-state index contributed by atoms with van der Waals surface area (Å²) >= 11 is 0. The molecule has 0 unspecified atom stereocenters. The number of nitrogens with zero attached hydrogens (tertiary/aromatic N) is 2. The minimum absolute atomic E-state index is 0.236. The van der Waals surface area contributed by atoms with Gasteiger partial charge in [-0.05, 0) is 23.3 Å². The van der Waals surface area contributed by atoms with Gasteiger partial charge in [0.2, 0.25) is 0 Å². The quantitative estimate of drug-likeness (QED) is 0.773. The van der Waals surface area contributed by atoms with Crippen LogP contribution in [-0.4, -0.2) is 26.8 Å². The van der Waals surface area contributed by atoms with Crippen LogP contribution >= 0.6 is 0 Å². The lowest BCUT2D eigenvalue weighted by Gasteiger charge is -2.04. The van der Waals surface area contributed by atoms with Crippen LogP contribution in [0.5, 0.6) is 0 Å². The monoisotopic (exact) mass is 286 g/mol. The van der Waals surface area contributed by atoms with E-state index in [2.05, 4.69) is 15.7 Å². The number of rotatable bonds is 4. The predicted molar refractivity (Wildman–Crippen MR) is 74.8 cm³/mol. The van der Waals surface area contributed by atoms with Crippen LogP contribution < -0.4 is 10.6 Å². The van der Waals surface area contributed by atoms with Crippen molar-refractivity contribution in [2.75, 3.05) is 5.32 Å². The molecule has 1 aliphatic heterocycles. The Morgan fingerprint density at radius 1 is 1.33 bits per heavy atom. The minimum Gasteiger partial charge on any atom is -0.480 e. The number of amides is 1. The van der Waals surface area contributed by atoms with E-state index in [1.165, 1.54) is 22.6 Å². The van der Waals surface area contributed by atoms with Crippen molar-refractivity contribution < 1.29 is 14.7 Å². The van der Waals surface area contributed by atoms with Crippen molar-refractivity contribution in [1.29, 1.82) is 0 Å². The summed E-state index contributed by atoms with van der Waals surface area (Å²) in [5, 5.41) is 18.5. The highest BCUT2D eigenvalue weighted by Gasteiger charge is 2.14. The van der Waals surface area contributed by atoms with Gasteiger partial charge in [0.1, 0.15) is 6.54 Å². The number of aromatic nitrogens is 2. The largest absolute Gasteiger partial charge is 0.480 e. The Hall–Kier alpha value is -2.67. The lowest BCUT2D eigenvalue weighted by atomic mass is 10.1. The second-order valence-electron chi connectivity index (χ2n) is 4.86. The minimum atomic E-state index is -0.984. The fraction of sp³-hybridized carbons (Fsp3) is 0.214. The topological polar surface area (TPSA) is 96.2 Å². The van der Waals surface area contributed by atoms with E-state index in [1.54, 1.807) is 6.07 Å². The van der Waals surface area contributed by atoms with Gasteiger partial charge < -0.3 is 15.7 Å². The molecule has 1 amide bonds. The smallest absolute Gasteiger partial charge is 0.325 e. The second kappa shape index (κ2) is 5.37. The van der Waals surface area contributed by atoms with Crippen LogP contribution in [0.3, 0.4) is 0 Å². The van der Waals surface area contributed by atoms with Gasteiger partial charge in [0.25, 0.3) is 5.91 Å². The molecule has 0 radical (unpaired) electrons. The van der Waals surface area contributed by atoms with Crippen molar-refractivity contribution in [2.45, 2.75) is 19.6 Å². The number of hydrogen-bond donors (Lipinski definition) is 3. The fourth-order valence-corrected chi connectivity index (χ4v) is 2.29. The van der Waals surface area contributed by atoms with E-state index < -0.39 is 5.97 Å². The number of aliphatic carboxylic acids is 1. The van der Waals surface area contributed by atoms with Crippen LogP contribution in [0.15, 0.2) is 30.6 Å². The van der Waals surface area contributed by atoms with Gasteiger partial charge in [-0.2, -0.15) is 5.10 Å². The van der Waals surface area contributed by atoms with Crippen LogP contribution in [0.25, 0.3) is 0 Å². The number of fused-ring (bicyclic) bond motifs is 1. The van der Waals surface area contributed by atoms with Crippen LogP contribution in [0.1, 0.15) is 21.5 Å². The van der Waals surface area contributed by atoms with Gasteiger partial charge in [-0.15, -0.1) is 0 Å². The highest BCUT2D eigenvalue weighted by atomic mass is 16.4. The molecule has 1 aliphatic rings. The molecule has 0 saturated heterocycles. The molecule has 3 N–H and O–H groups in total. The average molecular weight is 286 g/mol. The summed E-state index contributed by atoms with van der Waals surface area (Å²) in [4.78, 5) is 22.7. The highest BCUT2D eigenvalue weighted by Crippen LogP contribution is 2.18. The summed E-state index contributed by atoms with van der Waals surface area (Å²) in [6, 6.07) is 5.59. The Kier molecular flexibility index (Phi) is 3.41. The maximum Gasteiger partial charge on any atom is 0.325 e. The molecule has 21 heavy (non-hydrogen) atoms. The Morgan fingerprint density at radius 2 is 2.14 bits per heavy atom. The maximum absolute atomic E-state index is 12.2. The number of benzene rings is 1. The Bertz CT molecular complexity index is 708. The third-order valence-corrected chi connectivity index (χ3v) is 3.29. The first kappa shape index (κ1) is 13.3. The number of anilines is 1. The van der Waals surface area contributed by atoms with E-state index in [4.69, 9.17) is 5.11 Å². The fourth-order valence-electron chi connectivity index (χ4n) is 2.29. The molecule has 0 fully saturated rings. The molecule has 0 saturated carbocycles. The molecular weight excluding hydrogens is 272 g/mol. The van der Waals surface area contributed by atoms with Crippen molar-refractivity contribution in [3.63, 3.8) is 0 Å². The van der Waals surface area contributed by atoms with Crippen molar-refractivity contribution in [2.24, 2.45) is 0 Å². The van der Waals surface area contributed by atoms with Gasteiger partial charge >= 0.3 is 5.97 Å². The van der Waals surface area contributed by atoms with E-state index in [0.717, 1.165) is 18.7 Å². The maximum atomic E-state index is 12.2. The molecule has 7 nitrogen and oxygen atoms in total. The van der Waals surface area contributed by atoms with Crippen molar-refractivity contribution >= 4 is 17.6 Å². The Labute approximate surface area is 120 Å². The zero-order valence-corrected chi connectivity index (χ0v) is 11.2. The molecule has 2 heterocycles. The first-order valence-corrected chi connectivity index (χ1v) is 6.50. The Morgan fingerprint density at radius 3 is 2.95 bits per heavy atom. The molecule has 1 aromatic heterocycles. The van der Waals surface area contributed by atoms with Gasteiger partial charge in [-0.25, -0.2) is 0 Å². The van der Waals surface area contributed by atoms with Crippen LogP contribution in [0.2, 0.25) is 0 Å². The highest BCUT2D eigenvalue weighted by molar-refractivity contribution is 6.04. The molecule has 0 aliphatic carbocycles. The SMILES string of the molecule is O=C(O)Cn1cc(NC(=O)c2ccc3c(c2)CNC3)cn1. The molecule has 0 spiro atoms. The first-order valence-electron chi connectivity index (χ1n) is 6.50. The molecule has 0 bridgehead atoms. The number of carboxylic acids is 1. The summed E-state index contributed by atoms with van der Waals surface area (Å²) in [6.07, 6.45) is 2.91. The predicted octanol–water partition coefficient (Wildman–Crippen LogP) is 0.823. The summed E-state index contributed by atoms with van der Waals surface area (Å²) < 4.78 is 1.25.